The Hall–Kier alpha value is -2.92. The molecule has 5 nitrogen and oxygen atoms in total. The van der Waals surface area contributed by atoms with Crippen LogP contribution in [-0.2, 0) is 14.3 Å². The van der Waals surface area contributed by atoms with Crippen LogP contribution in [0.5, 0.6) is 0 Å². The minimum Gasteiger partial charge on any atom is -0.378 e. The third kappa shape index (κ3) is 3.12. The van der Waals surface area contributed by atoms with E-state index in [2.05, 4.69) is 0 Å². The normalized spacial score (nSPS) is 17.7. The summed E-state index contributed by atoms with van der Waals surface area (Å²) in [5.74, 6) is -0.514. The first-order valence-electron chi connectivity index (χ1n) is 9.57. The van der Waals surface area contributed by atoms with Crippen molar-refractivity contribution < 1.29 is 14.3 Å². The van der Waals surface area contributed by atoms with Gasteiger partial charge in [-0.15, -0.1) is 0 Å². The van der Waals surface area contributed by atoms with Crippen molar-refractivity contribution in [3.8, 4) is 0 Å². The maximum absolute atomic E-state index is 13.5. The van der Waals surface area contributed by atoms with E-state index in [9.17, 15) is 9.59 Å². The maximum atomic E-state index is 13.5. The first-order chi connectivity index (χ1) is 13.5. The van der Waals surface area contributed by atoms with Gasteiger partial charge in [-0.25, -0.2) is 4.90 Å². The zero-order valence-corrected chi connectivity index (χ0v) is 16.5. The summed E-state index contributed by atoms with van der Waals surface area (Å²) < 4.78 is 5.45. The first kappa shape index (κ1) is 18.4. The number of carbonyl (C=O) groups excluding carboxylic acids is 2. The predicted octanol–water partition coefficient (Wildman–Crippen LogP) is 3.23. The molecule has 2 heterocycles. The lowest BCUT2D eigenvalue weighted by Gasteiger charge is -2.29. The molecule has 0 saturated carbocycles. The number of carbonyl (C=O) groups is 2. The van der Waals surface area contributed by atoms with E-state index >= 15 is 0 Å². The standard InChI is InChI=1S/C23H24N2O3/c1-15-5-8-18(9-6-15)20-21(24-10-12-28-13-11-24)23(27)25(22(20)26)19-14-16(2)4-7-17(19)3/h4-9,14H,10-13H2,1-3H3. The van der Waals surface area contributed by atoms with Gasteiger partial charge in [0.1, 0.15) is 5.70 Å². The monoisotopic (exact) mass is 376 g/mol. The number of ether oxygens (including phenoxy) is 1. The summed E-state index contributed by atoms with van der Waals surface area (Å²) in [5.41, 5.74) is 5.42. The molecule has 2 aliphatic rings. The van der Waals surface area contributed by atoms with Crippen molar-refractivity contribution in [2.75, 3.05) is 31.2 Å². The van der Waals surface area contributed by atoms with E-state index in [1.807, 2.05) is 68.1 Å². The third-order valence-electron chi connectivity index (χ3n) is 5.33. The SMILES string of the molecule is Cc1ccc(C2=C(N3CCOCC3)C(=O)N(c3cc(C)ccc3C)C2=O)cc1. The third-order valence-corrected chi connectivity index (χ3v) is 5.33. The Morgan fingerprint density at radius 1 is 0.821 bits per heavy atom. The molecule has 4 rings (SSSR count). The summed E-state index contributed by atoms with van der Waals surface area (Å²) in [7, 11) is 0. The highest BCUT2D eigenvalue weighted by Gasteiger charge is 2.43. The molecule has 2 aliphatic heterocycles. The second-order valence-electron chi connectivity index (χ2n) is 7.42. The van der Waals surface area contributed by atoms with Crippen LogP contribution in [0.4, 0.5) is 5.69 Å². The number of amides is 2. The number of benzene rings is 2. The molecule has 0 radical (unpaired) electrons. The first-order valence-corrected chi connectivity index (χ1v) is 9.57. The number of hydrogen-bond donors (Lipinski definition) is 0. The summed E-state index contributed by atoms with van der Waals surface area (Å²) >= 11 is 0. The highest BCUT2D eigenvalue weighted by atomic mass is 16.5. The van der Waals surface area contributed by atoms with Crippen LogP contribution in [0.3, 0.4) is 0 Å². The fourth-order valence-electron chi connectivity index (χ4n) is 3.76. The maximum Gasteiger partial charge on any atom is 0.282 e. The summed E-state index contributed by atoms with van der Waals surface area (Å²) in [4.78, 5) is 30.3. The number of aryl methyl sites for hydroxylation is 3. The van der Waals surface area contributed by atoms with Crippen molar-refractivity contribution in [3.05, 3.63) is 70.4 Å². The van der Waals surface area contributed by atoms with Gasteiger partial charge in [0.25, 0.3) is 11.8 Å². The molecule has 0 N–H and O–H groups in total. The quantitative estimate of drug-likeness (QED) is 0.772. The number of anilines is 1. The van der Waals surface area contributed by atoms with Gasteiger partial charge in [0, 0.05) is 13.1 Å². The molecule has 0 spiro atoms. The molecule has 28 heavy (non-hydrogen) atoms. The van der Waals surface area contributed by atoms with Gasteiger partial charge in [-0.2, -0.15) is 0 Å². The van der Waals surface area contributed by atoms with Crippen molar-refractivity contribution in [1.82, 2.24) is 4.90 Å². The van der Waals surface area contributed by atoms with Crippen molar-refractivity contribution in [1.29, 1.82) is 0 Å². The van der Waals surface area contributed by atoms with Crippen molar-refractivity contribution in [2.24, 2.45) is 0 Å². The molecule has 5 heteroatoms. The van der Waals surface area contributed by atoms with Crippen LogP contribution in [0.25, 0.3) is 5.57 Å². The average Bonchev–Trinajstić information content (AvgIpc) is 2.95. The molecule has 2 aromatic carbocycles. The van der Waals surface area contributed by atoms with Gasteiger partial charge in [-0.3, -0.25) is 9.59 Å². The molecule has 144 valence electrons. The van der Waals surface area contributed by atoms with E-state index in [0.29, 0.717) is 43.3 Å². The van der Waals surface area contributed by atoms with Gasteiger partial charge in [-0.05, 0) is 43.5 Å². The highest BCUT2D eigenvalue weighted by Crippen LogP contribution is 2.36. The molecule has 0 bridgehead atoms. The van der Waals surface area contributed by atoms with Gasteiger partial charge in [0.15, 0.2) is 0 Å². The highest BCUT2D eigenvalue weighted by molar-refractivity contribution is 6.45. The lowest BCUT2D eigenvalue weighted by molar-refractivity contribution is -0.121. The average molecular weight is 376 g/mol. The smallest absolute Gasteiger partial charge is 0.282 e. The van der Waals surface area contributed by atoms with Gasteiger partial charge in [-0.1, -0.05) is 42.0 Å². The zero-order chi connectivity index (χ0) is 19.8. The van der Waals surface area contributed by atoms with Crippen LogP contribution in [0.1, 0.15) is 22.3 Å². The number of imide groups is 1. The van der Waals surface area contributed by atoms with Crippen molar-refractivity contribution in [2.45, 2.75) is 20.8 Å². The number of rotatable bonds is 3. The lowest BCUT2D eigenvalue weighted by atomic mass is 10.0. The minimum absolute atomic E-state index is 0.254. The summed E-state index contributed by atoms with van der Waals surface area (Å²) in [6, 6.07) is 13.6. The fourth-order valence-corrected chi connectivity index (χ4v) is 3.76. The van der Waals surface area contributed by atoms with Gasteiger partial charge < -0.3 is 9.64 Å². The van der Waals surface area contributed by atoms with E-state index in [0.717, 1.165) is 22.3 Å². The molecule has 0 atom stereocenters. The van der Waals surface area contributed by atoms with E-state index in [1.54, 1.807) is 0 Å². The Kier molecular flexibility index (Phi) is 4.77. The van der Waals surface area contributed by atoms with Crippen LogP contribution < -0.4 is 4.90 Å². The molecule has 0 aliphatic carbocycles. The predicted molar refractivity (Wildman–Crippen MR) is 109 cm³/mol. The summed E-state index contributed by atoms with van der Waals surface area (Å²) in [6.07, 6.45) is 0. The molecule has 1 saturated heterocycles. The summed E-state index contributed by atoms with van der Waals surface area (Å²) in [5, 5.41) is 0. The summed E-state index contributed by atoms with van der Waals surface area (Å²) in [6.45, 7) is 8.20. The topological polar surface area (TPSA) is 49.9 Å². The van der Waals surface area contributed by atoms with Crippen molar-refractivity contribution >= 4 is 23.1 Å². The van der Waals surface area contributed by atoms with E-state index in [4.69, 9.17) is 4.74 Å². The molecule has 0 aromatic heterocycles. The second kappa shape index (κ2) is 7.24. The Balaban J connectivity index is 1.85. The molecular weight excluding hydrogens is 352 g/mol. The van der Waals surface area contributed by atoms with Gasteiger partial charge >= 0.3 is 0 Å². The lowest BCUT2D eigenvalue weighted by Crippen LogP contribution is -2.40. The van der Waals surface area contributed by atoms with Gasteiger partial charge in [0.2, 0.25) is 0 Å². The van der Waals surface area contributed by atoms with E-state index in [-0.39, 0.29) is 11.8 Å². The minimum atomic E-state index is -0.260. The Bertz CT molecular complexity index is 970. The van der Waals surface area contributed by atoms with E-state index < -0.39 is 0 Å². The number of nitrogens with zero attached hydrogens (tertiary/aromatic N) is 2. The Labute approximate surface area is 165 Å². The Morgan fingerprint density at radius 2 is 1.46 bits per heavy atom. The largest absolute Gasteiger partial charge is 0.378 e. The molecule has 0 unspecified atom stereocenters. The molecule has 2 aromatic rings. The molecule has 1 fully saturated rings. The Morgan fingerprint density at radius 3 is 2.14 bits per heavy atom. The fraction of sp³-hybridized carbons (Fsp3) is 0.304. The van der Waals surface area contributed by atoms with Gasteiger partial charge in [0.05, 0.1) is 24.5 Å². The number of morpholine rings is 1. The molecular formula is C23H24N2O3. The van der Waals surface area contributed by atoms with Crippen LogP contribution >= 0.6 is 0 Å². The van der Waals surface area contributed by atoms with Crippen molar-refractivity contribution in [3.63, 3.8) is 0 Å². The number of hydrogen-bond acceptors (Lipinski definition) is 4. The second-order valence-corrected chi connectivity index (χ2v) is 7.42. The van der Waals surface area contributed by atoms with Crippen LogP contribution in [0.2, 0.25) is 0 Å². The van der Waals surface area contributed by atoms with Crippen LogP contribution in [-0.4, -0.2) is 43.0 Å². The molecule has 2 amide bonds. The van der Waals surface area contributed by atoms with E-state index in [1.165, 1.54) is 4.90 Å². The van der Waals surface area contributed by atoms with Crippen LogP contribution in [0.15, 0.2) is 48.2 Å². The van der Waals surface area contributed by atoms with Crippen LogP contribution in [0, 0.1) is 20.8 Å². The zero-order valence-electron chi connectivity index (χ0n) is 16.5.